The minimum atomic E-state index is 0.263. The van der Waals surface area contributed by atoms with E-state index in [-0.39, 0.29) is 5.41 Å². The maximum Gasteiger partial charge on any atom is 0.109 e. The van der Waals surface area contributed by atoms with Crippen LogP contribution >= 0.6 is 11.3 Å². The van der Waals surface area contributed by atoms with Gasteiger partial charge in [-0.3, -0.25) is 0 Å². The number of hydrogen-bond acceptors (Lipinski definition) is 4. The van der Waals surface area contributed by atoms with E-state index in [0.717, 1.165) is 13.0 Å². The number of thiazole rings is 1. The number of aromatic nitrogens is 1. The molecule has 1 heterocycles. The van der Waals surface area contributed by atoms with Gasteiger partial charge in [-0.25, -0.2) is 4.98 Å². The van der Waals surface area contributed by atoms with Crippen molar-refractivity contribution in [3.63, 3.8) is 0 Å². The lowest BCUT2D eigenvalue weighted by atomic mass is 9.85. The van der Waals surface area contributed by atoms with E-state index in [2.05, 4.69) is 31.1 Å². The average molecular weight is 267 g/mol. The van der Waals surface area contributed by atoms with Crippen LogP contribution < -0.4 is 11.1 Å². The quantitative estimate of drug-likeness (QED) is 0.862. The number of aryl methyl sites for hydroxylation is 1. The summed E-state index contributed by atoms with van der Waals surface area (Å²) in [4.78, 5) is 5.86. The number of nitrogens with two attached hydrogens (primary N) is 1. The van der Waals surface area contributed by atoms with Gasteiger partial charge in [-0.2, -0.15) is 0 Å². The molecule has 0 saturated heterocycles. The van der Waals surface area contributed by atoms with Gasteiger partial charge in [0.05, 0.1) is 6.04 Å². The summed E-state index contributed by atoms with van der Waals surface area (Å²) in [6.45, 7) is 7.68. The zero-order valence-corrected chi connectivity index (χ0v) is 12.5. The van der Waals surface area contributed by atoms with E-state index in [1.165, 1.54) is 29.1 Å². The lowest BCUT2D eigenvalue weighted by Gasteiger charge is -2.30. The molecule has 3 nitrogen and oxygen atoms in total. The number of nitrogens with one attached hydrogen (secondary N) is 1. The largest absolute Gasteiger partial charge is 0.327 e. The molecule has 1 aromatic rings. The normalized spacial score (nSPS) is 29.7. The van der Waals surface area contributed by atoms with E-state index in [9.17, 15) is 0 Å². The monoisotopic (exact) mass is 267 g/mol. The van der Waals surface area contributed by atoms with Crippen molar-refractivity contribution < 1.29 is 0 Å². The molecule has 1 aliphatic carbocycles. The predicted molar refractivity (Wildman–Crippen MR) is 77.8 cm³/mol. The van der Waals surface area contributed by atoms with Crippen LogP contribution in [0.15, 0.2) is 6.20 Å². The maximum absolute atomic E-state index is 6.21. The van der Waals surface area contributed by atoms with Crippen LogP contribution in [0.2, 0.25) is 0 Å². The fourth-order valence-electron chi connectivity index (χ4n) is 2.64. The summed E-state index contributed by atoms with van der Waals surface area (Å²) in [6.07, 6.45) is 6.76. The molecule has 3 N–H and O–H groups in total. The molecule has 1 aromatic heterocycles. The van der Waals surface area contributed by atoms with Crippen LogP contribution in [-0.4, -0.2) is 17.6 Å². The highest BCUT2D eigenvalue weighted by molar-refractivity contribution is 7.11. The molecule has 0 aromatic carbocycles. The first-order valence-electron chi connectivity index (χ1n) is 6.99. The average Bonchev–Trinajstić information content (AvgIpc) is 2.95. The zero-order chi connectivity index (χ0) is 13.2. The highest BCUT2D eigenvalue weighted by Gasteiger charge is 2.36. The van der Waals surface area contributed by atoms with Crippen molar-refractivity contribution in [2.24, 2.45) is 11.1 Å². The first kappa shape index (κ1) is 14.0. The van der Waals surface area contributed by atoms with Gasteiger partial charge < -0.3 is 11.1 Å². The number of hydrogen-bond donors (Lipinski definition) is 2. The smallest absolute Gasteiger partial charge is 0.109 e. The molecular weight excluding hydrogens is 242 g/mol. The van der Waals surface area contributed by atoms with Crippen LogP contribution in [0.1, 0.15) is 56.0 Å². The lowest BCUT2D eigenvalue weighted by Crippen LogP contribution is -2.43. The predicted octanol–water partition coefficient (Wildman–Crippen LogP) is 2.87. The summed E-state index contributed by atoms with van der Waals surface area (Å²) in [6, 6.07) is 0.680. The van der Waals surface area contributed by atoms with Crippen molar-refractivity contribution in [2.45, 2.75) is 58.5 Å². The van der Waals surface area contributed by atoms with Crippen LogP contribution in [0, 0.1) is 5.41 Å². The molecule has 1 aliphatic rings. The van der Waals surface area contributed by atoms with Crippen molar-refractivity contribution in [1.82, 2.24) is 10.3 Å². The van der Waals surface area contributed by atoms with Gasteiger partial charge in [0.1, 0.15) is 5.01 Å². The van der Waals surface area contributed by atoms with Crippen LogP contribution in [0.4, 0.5) is 0 Å². The van der Waals surface area contributed by atoms with Gasteiger partial charge in [0.25, 0.3) is 0 Å². The Kier molecular flexibility index (Phi) is 4.41. The Labute approximate surface area is 114 Å². The van der Waals surface area contributed by atoms with E-state index in [0.29, 0.717) is 12.1 Å². The molecule has 2 rings (SSSR count). The third-order valence-electron chi connectivity index (χ3n) is 4.26. The minimum absolute atomic E-state index is 0.263. The Morgan fingerprint density at radius 1 is 1.67 bits per heavy atom. The fourth-order valence-corrected chi connectivity index (χ4v) is 3.52. The zero-order valence-electron chi connectivity index (χ0n) is 11.7. The van der Waals surface area contributed by atoms with Crippen LogP contribution in [0.3, 0.4) is 0 Å². The Morgan fingerprint density at radius 2 is 2.44 bits per heavy atom. The van der Waals surface area contributed by atoms with Gasteiger partial charge in [0, 0.05) is 23.7 Å². The van der Waals surface area contributed by atoms with Crippen molar-refractivity contribution in [2.75, 3.05) is 6.54 Å². The second kappa shape index (κ2) is 5.68. The van der Waals surface area contributed by atoms with E-state index < -0.39 is 0 Å². The summed E-state index contributed by atoms with van der Waals surface area (Å²) >= 11 is 1.82. The summed E-state index contributed by atoms with van der Waals surface area (Å²) in [5, 5.41) is 4.81. The van der Waals surface area contributed by atoms with Gasteiger partial charge in [0.15, 0.2) is 0 Å². The number of nitrogens with zero attached hydrogens (tertiary/aromatic N) is 1. The third-order valence-corrected chi connectivity index (χ3v) is 5.58. The Hall–Kier alpha value is -0.450. The summed E-state index contributed by atoms with van der Waals surface area (Å²) in [5.41, 5.74) is 6.47. The van der Waals surface area contributed by atoms with Gasteiger partial charge in [0.2, 0.25) is 0 Å². The molecule has 18 heavy (non-hydrogen) atoms. The highest BCUT2D eigenvalue weighted by Crippen LogP contribution is 2.36. The summed E-state index contributed by atoms with van der Waals surface area (Å²) < 4.78 is 0. The van der Waals surface area contributed by atoms with Gasteiger partial charge in [-0.15, -0.1) is 11.3 Å². The van der Waals surface area contributed by atoms with E-state index >= 15 is 0 Å². The van der Waals surface area contributed by atoms with Crippen molar-refractivity contribution >= 4 is 11.3 Å². The van der Waals surface area contributed by atoms with Crippen LogP contribution in [-0.2, 0) is 6.42 Å². The van der Waals surface area contributed by atoms with Crippen molar-refractivity contribution in [3.8, 4) is 0 Å². The van der Waals surface area contributed by atoms with Crippen LogP contribution in [0.5, 0.6) is 0 Å². The highest BCUT2D eigenvalue weighted by atomic mass is 32.1. The molecule has 0 bridgehead atoms. The second-order valence-electron chi connectivity index (χ2n) is 5.77. The van der Waals surface area contributed by atoms with E-state index in [1.807, 2.05) is 17.5 Å². The molecule has 1 saturated carbocycles. The number of rotatable bonds is 5. The standard InChI is InChI=1S/C14H25N3S/c1-4-11-8-16-13(18-11)10(2)17-9-14(3)7-5-6-12(14)15/h8,10,12,17H,4-7,9,15H2,1-3H3. The van der Waals surface area contributed by atoms with Gasteiger partial charge in [-0.1, -0.05) is 20.3 Å². The topological polar surface area (TPSA) is 50.9 Å². The SMILES string of the molecule is CCc1cnc(C(C)NCC2(C)CCCC2N)s1. The molecule has 3 unspecified atom stereocenters. The molecule has 102 valence electrons. The molecule has 0 radical (unpaired) electrons. The Bertz CT molecular complexity index is 390. The first-order chi connectivity index (χ1) is 8.55. The van der Waals surface area contributed by atoms with Crippen molar-refractivity contribution in [1.29, 1.82) is 0 Å². The summed E-state index contributed by atoms with van der Waals surface area (Å²) in [7, 11) is 0. The second-order valence-corrected chi connectivity index (χ2v) is 6.92. The Morgan fingerprint density at radius 3 is 3.00 bits per heavy atom. The molecule has 1 fully saturated rings. The van der Waals surface area contributed by atoms with Crippen LogP contribution in [0.25, 0.3) is 0 Å². The molecule has 3 atom stereocenters. The lowest BCUT2D eigenvalue weighted by molar-refractivity contribution is 0.267. The first-order valence-corrected chi connectivity index (χ1v) is 7.80. The molecular formula is C14H25N3S. The summed E-state index contributed by atoms with van der Waals surface area (Å²) in [5.74, 6) is 0. The van der Waals surface area contributed by atoms with Gasteiger partial charge >= 0.3 is 0 Å². The molecule has 0 aliphatic heterocycles. The van der Waals surface area contributed by atoms with Gasteiger partial charge in [-0.05, 0) is 31.6 Å². The molecule has 4 heteroatoms. The Balaban J connectivity index is 1.89. The molecule has 0 spiro atoms. The maximum atomic E-state index is 6.21. The third kappa shape index (κ3) is 2.92. The van der Waals surface area contributed by atoms with Crippen molar-refractivity contribution in [3.05, 3.63) is 16.1 Å². The fraction of sp³-hybridized carbons (Fsp3) is 0.786. The molecule has 0 amide bonds. The van der Waals surface area contributed by atoms with E-state index in [4.69, 9.17) is 5.73 Å². The minimum Gasteiger partial charge on any atom is -0.327 e. The van der Waals surface area contributed by atoms with E-state index in [1.54, 1.807) is 0 Å².